The zero-order valence-corrected chi connectivity index (χ0v) is 13.9. The average Bonchev–Trinajstić information content (AvgIpc) is 2.48. The summed E-state index contributed by atoms with van der Waals surface area (Å²) in [7, 11) is 1.60. The lowest BCUT2D eigenvalue weighted by molar-refractivity contribution is 0.244. The monoisotopic (exact) mass is 361 g/mol. The maximum absolute atomic E-state index is 5.96. The number of ether oxygens (including phenoxy) is 2. The largest absolute Gasteiger partial charge is 0.455 e. The van der Waals surface area contributed by atoms with Gasteiger partial charge < -0.3 is 15.2 Å². The summed E-state index contributed by atoms with van der Waals surface area (Å²) in [4.78, 5) is 8.93. The molecular formula is C16H16BrN3O2. The highest BCUT2D eigenvalue weighted by Crippen LogP contribution is 2.45. The van der Waals surface area contributed by atoms with Crippen molar-refractivity contribution in [3.05, 3.63) is 51.8 Å². The van der Waals surface area contributed by atoms with Gasteiger partial charge in [0.1, 0.15) is 24.2 Å². The molecule has 6 heteroatoms. The number of hydrogen-bond acceptors (Lipinski definition) is 4. The highest BCUT2D eigenvalue weighted by Gasteiger charge is 2.28. The number of amidine groups is 1. The van der Waals surface area contributed by atoms with Gasteiger partial charge in [0.05, 0.1) is 6.20 Å². The molecule has 114 valence electrons. The van der Waals surface area contributed by atoms with E-state index in [0.29, 0.717) is 18.2 Å². The van der Waals surface area contributed by atoms with Gasteiger partial charge in [0, 0.05) is 28.4 Å². The first-order chi connectivity index (χ1) is 10.6. The number of benzene rings is 1. The van der Waals surface area contributed by atoms with Gasteiger partial charge in [-0.05, 0) is 31.2 Å². The molecule has 0 spiro atoms. The standard InChI is InChI=1S/C16H16BrN3O2/c1-9-5-11-14(7-19-9)22-13-4-3-10(17)6-12(13)16(11)20-15(18)8-21-2/h3-7,16H,8H2,1-2H3,(H2,18,20). The predicted octanol–water partition coefficient (Wildman–Crippen LogP) is 3.35. The lowest BCUT2D eigenvalue weighted by atomic mass is 9.95. The number of aryl methyl sites for hydroxylation is 1. The molecule has 0 saturated heterocycles. The molecule has 5 nitrogen and oxygen atoms in total. The summed E-state index contributed by atoms with van der Waals surface area (Å²) in [5, 5.41) is 0. The van der Waals surface area contributed by atoms with E-state index in [2.05, 4.69) is 25.9 Å². The van der Waals surface area contributed by atoms with E-state index < -0.39 is 0 Å². The van der Waals surface area contributed by atoms with Crippen LogP contribution in [0, 0.1) is 6.92 Å². The molecule has 1 aliphatic rings. The minimum atomic E-state index is -0.229. The number of aromatic nitrogens is 1. The maximum atomic E-state index is 5.96. The molecule has 0 aliphatic carbocycles. The Kier molecular flexibility index (Phi) is 4.13. The van der Waals surface area contributed by atoms with E-state index in [1.807, 2.05) is 31.2 Å². The Hall–Kier alpha value is -1.92. The van der Waals surface area contributed by atoms with Crippen molar-refractivity contribution in [2.24, 2.45) is 10.7 Å². The molecule has 0 bridgehead atoms. The van der Waals surface area contributed by atoms with Crippen LogP contribution < -0.4 is 10.5 Å². The van der Waals surface area contributed by atoms with Gasteiger partial charge >= 0.3 is 0 Å². The molecule has 1 aromatic carbocycles. The van der Waals surface area contributed by atoms with Crippen molar-refractivity contribution in [2.45, 2.75) is 13.0 Å². The van der Waals surface area contributed by atoms with Crippen molar-refractivity contribution >= 4 is 21.8 Å². The third-order valence-corrected chi connectivity index (χ3v) is 3.90. The van der Waals surface area contributed by atoms with Crippen LogP contribution in [0.4, 0.5) is 0 Å². The SMILES string of the molecule is COCC(N)=NC1c2cc(Br)ccc2Oc2cnc(C)cc21. The maximum Gasteiger partial charge on any atom is 0.151 e. The molecule has 3 rings (SSSR count). The normalized spacial score (nSPS) is 16.7. The van der Waals surface area contributed by atoms with Crippen LogP contribution in [0.5, 0.6) is 11.5 Å². The van der Waals surface area contributed by atoms with E-state index in [4.69, 9.17) is 15.2 Å². The summed E-state index contributed by atoms with van der Waals surface area (Å²) in [5.41, 5.74) is 8.79. The number of pyridine rings is 1. The summed E-state index contributed by atoms with van der Waals surface area (Å²) in [5.74, 6) is 1.92. The van der Waals surface area contributed by atoms with Gasteiger partial charge in [-0.15, -0.1) is 0 Å². The third-order valence-electron chi connectivity index (χ3n) is 3.40. The van der Waals surface area contributed by atoms with Crippen molar-refractivity contribution in [1.82, 2.24) is 4.98 Å². The minimum absolute atomic E-state index is 0.229. The first kappa shape index (κ1) is 15.0. The summed E-state index contributed by atoms with van der Waals surface area (Å²) in [6.45, 7) is 2.23. The molecule has 0 radical (unpaired) electrons. The highest BCUT2D eigenvalue weighted by molar-refractivity contribution is 9.10. The molecule has 0 saturated carbocycles. The fourth-order valence-electron chi connectivity index (χ4n) is 2.47. The van der Waals surface area contributed by atoms with Crippen LogP contribution >= 0.6 is 15.9 Å². The Labute approximate surface area is 137 Å². The summed E-state index contributed by atoms with van der Waals surface area (Å²) >= 11 is 3.50. The molecule has 1 atom stereocenters. The summed E-state index contributed by atoms with van der Waals surface area (Å²) in [6, 6.07) is 7.60. The Morgan fingerprint density at radius 2 is 2.14 bits per heavy atom. The molecule has 0 amide bonds. The molecule has 2 aromatic rings. The van der Waals surface area contributed by atoms with E-state index in [0.717, 1.165) is 27.0 Å². The van der Waals surface area contributed by atoms with Gasteiger partial charge in [0.25, 0.3) is 0 Å². The van der Waals surface area contributed by atoms with Gasteiger partial charge in [-0.2, -0.15) is 0 Å². The van der Waals surface area contributed by atoms with Gasteiger partial charge in [0.2, 0.25) is 0 Å². The minimum Gasteiger partial charge on any atom is -0.455 e. The quantitative estimate of drug-likeness (QED) is 0.672. The van der Waals surface area contributed by atoms with E-state index in [1.54, 1.807) is 13.3 Å². The third kappa shape index (κ3) is 2.84. The molecule has 0 fully saturated rings. The van der Waals surface area contributed by atoms with E-state index in [1.165, 1.54) is 0 Å². The van der Waals surface area contributed by atoms with Crippen molar-refractivity contribution in [2.75, 3.05) is 13.7 Å². The van der Waals surface area contributed by atoms with Crippen LogP contribution in [0.25, 0.3) is 0 Å². The molecular weight excluding hydrogens is 346 g/mol. The van der Waals surface area contributed by atoms with Crippen LogP contribution in [0.15, 0.2) is 39.9 Å². The Balaban J connectivity index is 2.15. The Morgan fingerprint density at radius 3 is 2.91 bits per heavy atom. The molecule has 2 heterocycles. The number of nitrogens with two attached hydrogens (primary N) is 1. The zero-order chi connectivity index (χ0) is 15.7. The van der Waals surface area contributed by atoms with Crippen LogP contribution in [-0.2, 0) is 4.74 Å². The van der Waals surface area contributed by atoms with E-state index in [9.17, 15) is 0 Å². The van der Waals surface area contributed by atoms with E-state index >= 15 is 0 Å². The van der Waals surface area contributed by atoms with Gasteiger partial charge in [-0.3, -0.25) is 9.98 Å². The number of nitrogens with zero attached hydrogens (tertiary/aromatic N) is 2. The second-order valence-electron chi connectivity index (χ2n) is 5.10. The number of fused-ring (bicyclic) bond motifs is 2. The van der Waals surface area contributed by atoms with Crippen LogP contribution in [-0.4, -0.2) is 24.5 Å². The van der Waals surface area contributed by atoms with Gasteiger partial charge in [0.15, 0.2) is 5.75 Å². The number of aliphatic imine (C=N–C) groups is 1. The average molecular weight is 362 g/mol. The lowest BCUT2D eigenvalue weighted by Gasteiger charge is -2.26. The van der Waals surface area contributed by atoms with Crippen molar-refractivity contribution < 1.29 is 9.47 Å². The first-order valence-electron chi connectivity index (χ1n) is 6.83. The Bertz CT molecular complexity index is 695. The zero-order valence-electron chi connectivity index (χ0n) is 12.3. The van der Waals surface area contributed by atoms with Crippen LogP contribution in [0.1, 0.15) is 22.9 Å². The van der Waals surface area contributed by atoms with Crippen LogP contribution in [0.3, 0.4) is 0 Å². The fraction of sp³-hybridized carbons (Fsp3) is 0.250. The summed E-state index contributed by atoms with van der Waals surface area (Å²) < 4.78 is 12.0. The predicted molar refractivity (Wildman–Crippen MR) is 88.5 cm³/mol. The topological polar surface area (TPSA) is 69.7 Å². The van der Waals surface area contributed by atoms with Gasteiger partial charge in [-0.25, -0.2) is 0 Å². The first-order valence-corrected chi connectivity index (χ1v) is 7.62. The number of hydrogen-bond donors (Lipinski definition) is 1. The second-order valence-corrected chi connectivity index (χ2v) is 6.02. The van der Waals surface area contributed by atoms with Crippen molar-refractivity contribution in [3.8, 4) is 11.5 Å². The Morgan fingerprint density at radius 1 is 1.36 bits per heavy atom. The van der Waals surface area contributed by atoms with Crippen LogP contribution in [0.2, 0.25) is 0 Å². The number of methoxy groups -OCH3 is 1. The second kappa shape index (κ2) is 6.06. The van der Waals surface area contributed by atoms with E-state index in [-0.39, 0.29) is 6.04 Å². The number of rotatable bonds is 3. The summed E-state index contributed by atoms with van der Waals surface area (Å²) in [6.07, 6.45) is 1.73. The van der Waals surface area contributed by atoms with Crippen molar-refractivity contribution in [1.29, 1.82) is 0 Å². The highest BCUT2D eigenvalue weighted by atomic mass is 79.9. The molecule has 1 unspecified atom stereocenters. The number of halogens is 1. The molecule has 1 aromatic heterocycles. The van der Waals surface area contributed by atoms with Gasteiger partial charge in [-0.1, -0.05) is 15.9 Å². The molecule has 2 N–H and O–H groups in total. The molecule has 1 aliphatic heterocycles. The van der Waals surface area contributed by atoms with Crippen molar-refractivity contribution in [3.63, 3.8) is 0 Å². The molecule has 22 heavy (non-hydrogen) atoms. The smallest absolute Gasteiger partial charge is 0.151 e. The lowest BCUT2D eigenvalue weighted by Crippen LogP contribution is -2.21. The fourth-order valence-corrected chi connectivity index (χ4v) is 2.85.